The molecule has 1 heterocycles. The lowest BCUT2D eigenvalue weighted by Crippen LogP contribution is -2.59. The fraction of sp³-hybridized carbons (Fsp3) is 0.276. The van der Waals surface area contributed by atoms with Crippen molar-refractivity contribution in [3.8, 4) is 0 Å². The monoisotopic (exact) mass is 451 g/mol. The molecule has 170 valence electrons. The van der Waals surface area contributed by atoms with Crippen molar-refractivity contribution in [2.24, 2.45) is 11.8 Å². The maximum atomic E-state index is 14.2. The molecule has 7 rings (SSSR count). The van der Waals surface area contributed by atoms with E-state index in [1.165, 1.54) is 4.90 Å². The first kappa shape index (κ1) is 20.8. The third-order valence-corrected chi connectivity index (χ3v) is 8.28. The van der Waals surface area contributed by atoms with E-state index in [9.17, 15) is 14.4 Å². The second kappa shape index (κ2) is 6.89. The van der Waals surface area contributed by atoms with Gasteiger partial charge in [0.1, 0.15) is 0 Å². The van der Waals surface area contributed by atoms with Crippen molar-refractivity contribution in [3.63, 3.8) is 0 Å². The first-order valence-corrected chi connectivity index (χ1v) is 11.7. The molecular formula is C29H25NO4. The van der Waals surface area contributed by atoms with Crippen LogP contribution < -0.4 is 4.90 Å². The normalized spacial score (nSPS) is 28.4. The van der Waals surface area contributed by atoms with E-state index >= 15 is 0 Å². The standard InChI is InChI=1S/C29H25NO4/c1-4-34-27(33)17-11-5-10-16-22(17)30-25(31)23-24(26(30)32)29(3)20-14-8-6-12-18(20)28(23,2)19-13-7-9-15-21(19)29/h5-16,23-24H,4H2,1-3H3/t23-,24+,28?,29?. The van der Waals surface area contributed by atoms with Gasteiger partial charge in [-0.1, -0.05) is 74.5 Å². The Bertz CT molecular complexity index is 1270. The van der Waals surface area contributed by atoms with Gasteiger partial charge in [0.2, 0.25) is 11.8 Å². The molecule has 5 heteroatoms. The topological polar surface area (TPSA) is 63.7 Å². The summed E-state index contributed by atoms with van der Waals surface area (Å²) >= 11 is 0. The molecule has 0 aromatic heterocycles. The summed E-state index contributed by atoms with van der Waals surface area (Å²) in [5.41, 5.74) is 3.59. The summed E-state index contributed by atoms with van der Waals surface area (Å²) in [7, 11) is 0. The van der Waals surface area contributed by atoms with Crippen LogP contribution >= 0.6 is 0 Å². The number of ether oxygens (including phenoxy) is 1. The van der Waals surface area contributed by atoms with Crippen molar-refractivity contribution in [2.45, 2.75) is 31.6 Å². The summed E-state index contributed by atoms with van der Waals surface area (Å²) in [5.74, 6) is -2.19. The first-order chi connectivity index (χ1) is 16.4. The van der Waals surface area contributed by atoms with Gasteiger partial charge in [0.25, 0.3) is 0 Å². The second-order valence-corrected chi connectivity index (χ2v) is 9.70. The SMILES string of the molecule is CCOC(=O)c1ccccc1N1C(=O)[C@@H]2[C@H](C1=O)C1(C)c3ccccc3C2(C)c2ccccc21. The van der Waals surface area contributed by atoms with Crippen LogP contribution in [0.1, 0.15) is 53.4 Å². The van der Waals surface area contributed by atoms with Gasteiger partial charge in [-0.25, -0.2) is 9.69 Å². The molecule has 1 fully saturated rings. The Hall–Kier alpha value is -3.73. The molecule has 34 heavy (non-hydrogen) atoms. The Labute approximate surface area is 198 Å². The van der Waals surface area contributed by atoms with Crippen molar-refractivity contribution < 1.29 is 19.1 Å². The third kappa shape index (κ3) is 2.27. The van der Waals surface area contributed by atoms with Crippen LogP contribution in [0.25, 0.3) is 0 Å². The summed E-state index contributed by atoms with van der Waals surface area (Å²) in [6, 6.07) is 23.1. The molecule has 0 spiro atoms. The molecule has 5 nitrogen and oxygen atoms in total. The van der Waals surface area contributed by atoms with E-state index in [1.807, 2.05) is 24.3 Å². The number of hydrogen-bond donors (Lipinski definition) is 0. The molecule has 2 atom stereocenters. The highest BCUT2D eigenvalue weighted by atomic mass is 16.5. The van der Waals surface area contributed by atoms with E-state index in [1.54, 1.807) is 31.2 Å². The van der Waals surface area contributed by atoms with Gasteiger partial charge >= 0.3 is 5.97 Å². The van der Waals surface area contributed by atoms with Crippen LogP contribution in [0.3, 0.4) is 0 Å². The lowest BCUT2D eigenvalue weighted by atomic mass is 9.42. The van der Waals surface area contributed by atoms with Crippen molar-refractivity contribution in [1.29, 1.82) is 0 Å². The predicted octanol–water partition coefficient (Wildman–Crippen LogP) is 4.61. The smallest absolute Gasteiger partial charge is 0.340 e. The highest BCUT2D eigenvalue weighted by molar-refractivity contribution is 6.25. The second-order valence-electron chi connectivity index (χ2n) is 9.70. The van der Waals surface area contributed by atoms with Gasteiger partial charge in [0.15, 0.2) is 0 Å². The average Bonchev–Trinajstić information content (AvgIpc) is 3.13. The van der Waals surface area contributed by atoms with Gasteiger partial charge in [-0.2, -0.15) is 0 Å². The van der Waals surface area contributed by atoms with Crippen molar-refractivity contribution >= 4 is 23.5 Å². The zero-order valence-corrected chi connectivity index (χ0v) is 19.4. The number of carbonyl (C=O) groups excluding carboxylic acids is 3. The number of benzene rings is 3. The molecule has 1 aliphatic heterocycles. The molecule has 2 bridgehead atoms. The molecule has 0 unspecified atom stereocenters. The highest BCUT2D eigenvalue weighted by Gasteiger charge is 2.70. The number of hydrogen-bond acceptors (Lipinski definition) is 4. The maximum absolute atomic E-state index is 14.2. The molecule has 0 radical (unpaired) electrons. The number of imide groups is 1. The zero-order valence-electron chi connectivity index (χ0n) is 19.4. The van der Waals surface area contributed by atoms with Crippen molar-refractivity contribution in [1.82, 2.24) is 0 Å². The Balaban J connectivity index is 1.60. The molecule has 3 aromatic rings. The molecule has 4 aliphatic rings. The molecule has 2 amide bonds. The van der Waals surface area contributed by atoms with Crippen LogP contribution in [0, 0.1) is 11.8 Å². The maximum Gasteiger partial charge on any atom is 0.340 e. The van der Waals surface area contributed by atoms with Gasteiger partial charge in [-0.15, -0.1) is 0 Å². The molecule has 0 N–H and O–H groups in total. The van der Waals surface area contributed by atoms with Gasteiger partial charge in [-0.05, 0) is 41.3 Å². The van der Waals surface area contributed by atoms with Crippen molar-refractivity contribution in [3.05, 3.63) is 101 Å². The van der Waals surface area contributed by atoms with Crippen LogP contribution in [0.5, 0.6) is 0 Å². The fourth-order valence-electron chi connectivity index (χ4n) is 6.86. The van der Waals surface area contributed by atoms with E-state index < -0.39 is 28.6 Å². The van der Waals surface area contributed by atoms with Crippen LogP contribution in [-0.4, -0.2) is 24.4 Å². The number of rotatable bonds is 3. The van der Waals surface area contributed by atoms with E-state index in [4.69, 9.17) is 4.74 Å². The summed E-state index contributed by atoms with van der Waals surface area (Å²) < 4.78 is 5.22. The Morgan fingerprint density at radius 1 is 0.765 bits per heavy atom. The fourth-order valence-corrected chi connectivity index (χ4v) is 6.86. The Kier molecular flexibility index (Phi) is 4.22. The lowest BCUT2D eigenvalue weighted by molar-refractivity contribution is -0.124. The number of nitrogens with zero attached hydrogens (tertiary/aromatic N) is 1. The van der Waals surface area contributed by atoms with E-state index in [2.05, 4.69) is 38.1 Å². The van der Waals surface area contributed by atoms with Crippen LogP contribution in [-0.2, 0) is 25.2 Å². The van der Waals surface area contributed by atoms with E-state index in [-0.39, 0.29) is 24.0 Å². The minimum atomic E-state index is -0.657. The summed E-state index contributed by atoms with van der Waals surface area (Å²) in [6.45, 7) is 6.12. The zero-order chi connectivity index (χ0) is 23.8. The first-order valence-electron chi connectivity index (χ1n) is 11.7. The number of anilines is 1. The van der Waals surface area contributed by atoms with Crippen LogP contribution in [0.2, 0.25) is 0 Å². The van der Waals surface area contributed by atoms with Gasteiger partial charge in [0.05, 0.1) is 29.7 Å². The minimum Gasteiger partial charge on any atom is -0.462 e. The van der Waals surface area contributed by atoms with Crippen molar-refractivity contribution in [2.75, 3.05) is 11.5 Å². The average molecular weight is 452 g/mol. The van der Waals surface area contributed by atoms with Crippen LogP contribution in [0.4, 0.5) is 5.69 Å². The summed E-state index contributed by atoms with van der Waals surface area (Å²) in [5, 5.41) is 0. The quantitative estimate of drug-likeness (QED) is 0.431. The number of esters is 1. The number of para-hydroxylation sites is 1. The third-order valence-electron chi connectivity index (χ3n) is 8.28. The number of carbonyl (C=O) groups is 3. The molecule has 3 aromatic carbocycles. The Morgan fingerprint density at radius 3 is 1.62 bits per heavy atom. The predicted molar refractivity (Wildman–Crippen MR) is 128 cm³/mol. The Morgan fingerprint density at radius 2 is 1.18 bits per heavy atom. The highest BCUT2D eigenvalue weighted by Crippen LogP contribution is 2.66. The molecule has 1 saturated heterocycles. The molecular weight excluding hydrogens is 426 g/mol. The van der Waals surface area contributed by atoms with Gasteiger partial charge in [0, 0.05) is 10.8 Å². The van der Waals surface area contributed by atoms with Gasteiger partial charge < -0.3 is 4.74 Å². The largest absolute Gasteiger partial charge is 0.462 e. The molecule has 3 aliphatic carbocycles. The van der Waals surface area contributed by atoms with E-state index in [0.29, 0.717) is 5.69 Å². The molecule has 0 saturated carbocycles. The minimum absolute atomic E-state index is 0.209. The van der Waals surface area contributed by atoms with Crippen LogP contribution in [0.15, 0.2) is 72.8 Å². The van der Waals surface area contributed by atoms with E-state index in [0.717, 1.165) is 22.3 Å². The lowest BCUT2D eigenvalue weighted by Gasteiger charge is -2.57. The number of amides is 2. The summed E-state index contributed by atoms with van der Waals surface area (Å²) in [6.07, 6.45) is 0. The van der Waals surface area contributed by atoms with Gasteiger partial charge in [-0.3, -0.25) is 9.59 Å². The summed E-state index contributed by atoms with van der Waals surface area (Å²) in [4.78, 5) is 42.3.